The van der Waals surface area contributed by atoms with Crippen molar-refractivity contribution in [2.24, 2.45) is 11.1 Å². The van der Waals surface area contributed by atoms with Crippen LogP contribution >= 0.6 is 34.2 Å². The molecule has 2 aromatic carbocycles. The Kier molecular flexibility index (Phi) is 5.40. The minimum Gasteiger partial charge on any atom is -0.369 e. The smallest absolute Gasteiger partial charge is 0.253 e. The molecule has 2 bridgehead atoms. The van der Waals surface area contributed by atoms with Gasteiger partial charge in [0.1, 0.15) is 0 Å². The summed E-state index contributed by atoms with van der Waals surface area (Å²) < 4.78 is 1.01. The molecule has 0 unspecified atom stereocenters. The highest BCUT2D eigenvalue weighted by Gasteiger charge is 2.52. The lowest BCUT2D eigenvalue weighted by molar-refractivity contribution is -0.134. The third kappa shape index (κ3) is 3.57. The van der Waals surface area contributed by atoms with Crippen LogP contribution in [0.1, 0.15) is 48.9 Å². The molecule has 6 rings (SSSR count). The first kappa shape index (κ1) is 21.6. The maximum absolute atomic E-state index is 13.7. The maximum Gasteiger partial charge on any atom is 0.253 e. The lowest BCUT2D eigenvalue weighted by Crippen LogP contribution is -2.59. The van der Waals surface area contributed by atoms with E-state index in [9.17, 15) is 9.59 Å². The molecule has 0 radical (unpaired) electrons. The third-order valence-electron chi connectivity index (χ3n) is 7.31. The fraction of sp³-hybridized carbons (Fsp3) is 0.320. The Morgan fingerprint density at radius 3 is 2.28 bits per heavy atom. The minimum absolute atomic E-state index is 0.185. The average molecular weight is 560 g/mol. The third-order valence-corrected chi connectivity index (χ3v) is 8.35. The van der Waals surface area contributed by atoms with Crippen LogP contribution in [0.5, 0.6) is 0 Å². The van der Waals surface area contributed by atoms with Gasteiger partial charge >= 0.3 is 0 Å². The van der Waals surface area contributed by atoms with Gasteiger partial charge in [0.25, 0.3) is 5.91 Å². The van der Waals surface area contributed by atoms with E-state index in [-0.39, 0.29) is 17.4 Å². The zero-order chi connectivity index (χ0) is 22.5. The van der Waals surface area contributed by atoms with Crippen molar-refractivity contribution in [2.75, 3.05) is 0 Å². The molecule has 0 saturated heterocycles. The molecule has 0 spiro atoms. The van der Waals surface area contributed by atoms with Crippen LogP contribution < -0.4 is 11.1 Å². The highest BCUT2D eigenvalue weighted by atomic mass is 127. The Labute approximate surface area is 205 Å². The predicted molar refractivity (Wildman–Crippen MR) is 134 cm³/mol. The van der Waals surface area contributed by atoms with Crippen molar-refractivity contribution in [3.63, 3.8) is 0 Å². The topological polar surface area (TPSA) is 85.1 Å². The number of hydrogen-bond donors (Lipinski definition) is 2. The van der Waals surface area contributed by atoms with Crippen molar-refractivity contribution >= 4 is 56.9 Å². The number of fused-ring (bicyclic) bond motifs is 4. The first-order valence-electron chi connectivity index (χ1n) is 10.8. The van der Waals surface area contributed by atoms with Gasteiger partial charge in [0.15, 0.2) is 0 Å². The molecule has 3 saturated carbocycles. The molecule has 1 aromatic heterocycles. The number of halogens is 2. The molecular formula is C25H23ClIN3O2. The number of hydrogen-bond acceptors (Lipinski definition) is 3. The van der Waals surface area contributed by atoms with Gasteiger partial charge in [-0.15, -0.1) is 0 Å². The summed E-state index contributed by atoms with van der Waals surface area (Å²) in [5, 5.41) is 4.42. The Balaban J connectivity index is 1.56. The summed E-state index contributed by atoms with van der Waals surface area (Å²) in [6, 6.07) is 15.5. The van der Waals surface area contributed by atoms with Crippen LogP contribution in [0.2, 0.25) is 5.02 Å². The van der Waals surface area contributed by atoms with E-state index in [1.165, 1.54) is 0 Å². The van der Waals surface area contributed by atoms with Gasteiger partial charge in [-0.25, -0.2) is 4.98 Å². The lowest BCUT2D eigenvalue weighted by Gasteiger charge is -2.52. The number of pyridine rings is 1. The zero-order valence-electron chi connectivity index (χ0n) is 17.5. The minimum atomic E-state index is -0.399. The van der Waals surface area contributed by atoms with Gasteiger partial charge in [-0.2, -0.15) is 0 Å². The number of carbonyl (C=O) groups excluding carboxylic acids is 2. The molecule has 2 amide bonds. The number of nitrogens with one attached hydrogen (secondary N) is 1. The van der Waals surface area contributed by atoms with Gasteiger partial charge in [0.05, 0.1) is 21.8 Å². The zero-order valence-corrected chi connectivity index (χ0v) is 20.4. The van der Waals surface area contributed by atoms with Crippen molar-refractivity contribution in [2.45, 2.75) is 44.1 Å². The second-order valence-electron chi connectivity index (χ2n) is 9.06. The SMILES string of the molecule is NC(=O)C12CCC(NC(=O)c3c(Cl)c(-c4ccccc4)nc4ccc(I)cc34)(CC1)CC2. The summed E-state index contributed by atoms with van der Waals surface area (Å²) in [5.41, 5.74) is 7.63. The molecule has 5 nitrogen and oxygen atoms in total. The number of nitrogens with two attached hydrogens (primary N) is 1. The predicted octanol–water partition coefficient (Wildman–Crippen LogP) is 5.47. The van der Waals surface area contributed by atoms with E-state index in [1.54, 1.807) is 0 Å². The van der Waals surface area contributed by atoms with Crippen LogP contribution in [0.25, 0.3) is 22.2 Å². The van der Waals surface area contributed by atoms with E-state index in [1.807, 2.05) is 48.5 Å². The molecule has 1 heterocycles. The monoisotopic (exact) mass is 559 g/mol. The van der Waals surface area contributed by atoms with Crippen LogP contribution in [0.4, 0.5) is 0 Å². The van der Waals surface area contributed by atoms with Gasteiger partial charge in [-0.1, -0.05) is 41.9 Å². The van der Waals surface area contributed by atoms with Crippen LogP contribution in [0, 0.1) is 8.99 Å². The molecule has 7 heteroatoms. The Bertz CT molecular complexity index is 1220. The summed E-state index contributed by atoms with van der Waals surface area (Å²) in [6.07, 6.45) is 4.43. The van der Waals surface area contributed by atoms with Crippen molar-refractivity contribution in [1.29, 1.82) is 0 Å². The summed E-state index contributed by atoms with van der Waals surface area (Å²) in [7, 11) is 0. The van der Waals surface area contributed by atoms with Crippen LogP contribution in [-0.4, -0.2) is 22.3 Å². The van der Waals surface area contributed by atoms with Crippen LogP contribution in [-0.2, 0) is 4.79 Å². The van der Waals surface area contributed by atoms with E-state index in [0.717, 1.165) is 58.6 Å². The highest BCUT2D eigenvalue weighted by molar-refractivity contribution is 14.1. The molecule has 3 aliphatic rings. The van der Waals surface area contributed by atoms with Crippen LogP contribution in [0.3, 0.4) is 0 Å². The van der Waals surface area contributed by atoms with E-state index in [4.69, 9.17) is 22.3 Å². The summed E-state index contributed by atoms with van der Waals surface area (Å²) in [6.45, 7) is 0. The number of aromatic nitrogens is 1. The molecule has 3 aromatic rings. The standard InChI is InChI=1S/C25H23ClIN3O2/c26-20-19(22(31)30-25-11-8-24(9-12-25,10-13-25)23(28)32)17-14-16(27)6-7-18(17)29-21(20)15-4-2-1-3-5-15/h1-7,14H,8-13H2,(H2,28,32)(H,30,31). The van der Waals surface area contributed by atoms with Crippen molar-refractivity contribution in [3.05, 3.63) is 62.7 Å². The van der Waals surface area contributed by atoms with Crippen molar-refractivity contribution in [3.8, 4) is 11.3 Å². The van der Waals surface area contributed by atoms with Crippen molar-refractivity contribution < 1.29 is 9.59 Å². The molecular weight excluding hydrogens is 537 g/mol. The molecule has 3 N–H and O–H groups in total. The number of primary amides is 1. The first-order chi connectivity index (χ1) is 15.3. The van der Waals surface area contributed by atoms with Gasteiger partial charge in [0, 0.05) is 25.5 Å². The molecule has 3 fully saturated rings. The van der Waals surface area contributed by atoms with Gasteiger partial charge in [-0.3, -0.25) is 9.59 Å². The fourth-order valence-corrected chi connectivity index (χ4v) is 6.10. The maximum atomic E-state index is 13.7. The number of rotatable bonds is 4. The number of nitrogens with zero attached hydrogens (tertiary/aromatic N) is 1. The summed E-state index contributed by atoms with van der Waals surface area (Å²) in [4.78, 5) is 30.5. The number of amides is 2. The molecule has 3 aliphatic carbocycles. The summed E-state index contributed by atoms with van der Waals surface area (Å²) in [5.74, 6) is -0.391. The Morgan fingerprint density at radius 1 is 1.00 bits per heavy atom. The number of benzene rings is 2. The normalized spacial score (nSPS) is 24.4. The average Bonchev–Trinajstić information content (AvgIpc) is 2.80. The largest absolute Gasteiger partial charge is 0.369 e. The van der Waals surface area contributed by atoms with Gasteiger partial charge in [0.2, 0.25) is 5.91 Å². The quantitative estimate of drug-likeness (QED) is 0.416. The Morgan fingerprint density at radius 2 is 1.66 bits per heavy atom. The molecule has 164 valence electrons. The fourth-order valence-electron chi connectivity index (χ4n) is 5.27. The lowest BCUT2D eigenvalue weighted by atomic mass is 9.57. The van der Waals surface area contributed by atoms with E-state index < -0.39 is 5.41 Å². The molecule has 32 heavy (non-hydrogen) atoms. The van der Waals surface area contributed by atoms with E-state index >= 15 is 0 Å². The Hall–Kier alpha value is -2.19. The molecule has 0 atom stereocenters. The van der Waals surface area contributed by atoms with Crippen molar-refractivity contribution in [1.82, 2.24) is 10.3 Å². The van der Waals surface area contributed by atoms with Gasteiger partial charge < -0.3 is 11.1 Å². The van der Waals surface area contributed by atoms with Gasteiger partial charge in [-0.05, 0) is 79.3 Å². The van der Waals surface area contributed by atoms with E-state index in [0.29, 0.717) is 16.3 Å². The number of carbonyl (C=O) groups is 2. The second-order valence-corrected chi connectivity index (χ2v) is 10.7. The highest BCUT2D eigenvalue weighted by Crippen LogP contribution is 2.52. The van der Waals surface area contributed by atoms with E-state index in [2.05, 4.69) is 27.9 Å². The summed E-state index contributed by atoms with van der Waals surface area (Å²) >= 11 is 9.10. The second kappa shape index (κ2) is 7.99. The molecule has 0 aliphatic heterocycles. The first-order valence-corrected chi connectivity index (χ1v) is 12.2. The van der Waals surface area contributed by atoms with Crippen LogP contribution in [0.15, 0.2) is 48.5 Å².